The molecule has 1 amide bonds. The molecule has 33 heavy (non-hydrogen) atoms. The number of carbonyl (C=O) groups excluding carboxylic acids is 1. The van der Waals surface area contributed by atoms with Gasteiger partial charge in [0.15, 0.2) is 0 Å². The highest BCUT2D eigenvalue weighted by Crippen LogP contribution is 2.27. The third-order valence-corrected chi connectivity index (χ3v) is 8.79. The minimum atomic E-state index is -3.58. The van der Waals surface area contributed by atoms with E-state index in [1.165, 1.54) is 21.0 Å². The zero-order valence-corrected chi connectivity index (χ0v) is 20.6. The number of carbonyl (C=O) groups is 1. The number of piperidine rings is 1. The van der Waals surface area contributed by atoms with Crippen molar-refractivity contribution in [3.63, 3.8) is 0 Å². The topological polar surface area (TPSA) is 66.5 Å². The van der Waals surface area contributed by atoms with E-state index in [2.05, 4.69) is 38.2 Å². The van der Waals surface area contributed by atoms with Crippen LogP contribution in [0.5, 0.6) is 0 Å². The lowest BCUT2D eigenvalue weighted by molar-refractivity contribution is -0.126. The van der Waals surface area contributed by atoms with E-state index in [0.717, 1.165) is 16.3 Å². The van der Waals surface area contributed by atoms with Crippen molar-refractivity contribution < 1.29 is 13.2 Å². The summed E-state index contributed by atoms with van der Waals surface area (Å²) in [4.78, 5) is 13.2. The number of hydrogen-bond donors (Lipinski definition) is 1. The summed E-state index contributed by atoms with van der Waals surface area (Å²) < 4.78 is 27.9. The monoisotopic (exact) mass is 464 g/mol. The second-order valence-electron chi connectivity index (χ2n) is 9.21. The van der Waals surface area contributed by atoms with Gasteiger partial charge in [-0.3, -0.25) is 4.79 Å². The summed E-state index contributed by atoms with van der Waals surface area (Å²) in [6.45, 7) is 8.96. The average molecular weight is 465 g/mol. The van der Waals surface area contributed by atoms with E-state index >= 15 is 0 Å². The maximum atomic E-state index is 13.2. The average Bonchev–Trinajstić information content (AvgIpc) is 2.81. The van der Waals surface area contributed by atoms with Crippen LogP contribution in [-0.2, 0) is 14.8 Å². The molecule has 1 unspecified atom stereocenters. The van der Waals surface area contributed by atoms with Crippen molar-refractivity contribution in [1.82, 2.24) is 9.62 Å². The first-order valence-electron chi connectivity index (χ1n) is 11.5. The molecular formula is C27H32N2O3S. The highest BCUT2D eigenvalue weighted by atomic mass is 32.2. The van der Waals surface area contributed by atoms with Crippen molar-refractivity contribution in [3.8, 4) is 0 Å². The lowest BCUT2D eigenvalue weighted by atomic mass is 9.94. The number of nitrogens with zero attached hydrogens (tertiary/aromatic N) is 1. The quantitative estimate of drug-likeness (QED) is 0.575. The normalized spacial score (nSPS) is 16.6. The molecule has 1 atom stereocenters. The van der Waals surface area contributed by atoms with Crippen LogP contribution in [0.15, 0.2) is 59.5 Å². The largest absolute Gasteiger partial charge is 0.349 e. The van der Waals surface area contributed by atoms with Crippen LogP contribution in [-0.4, -0.2) is 31.7 Å². The number of sulfonamides is 1. The van der Waals surface area contributed by atoms with E-state index in [9.17, 15) is 13.2 Å². The fourth-order valence-electron chi connectivity index (χ4n) is 4.69. The Morgan fingerprint density at radius 1 is 0.909 bits per heavy atom. The van der Waals surface area contributed by atoms with Gasteiger partial charge in [0.1, 0.15) is 0 Å². The molecule has 4 rings (SSSR count). The van der Waals surface area contributed by atoms with Crippen LogP contribution in [0.2, 0.25) is 0 Å². The van der Waals surface area contributed by atoms with Crippen molar-refractivity contribution >= 4 is 26.7 Å². The van der Waals surface area contributed by atoms with Crippen LogP contribution in [0.25, 0.3) is 10.8 Å². The number of amides is 1. The highest BCUT2D eigenvalue weighted by Gasteiger charge is 2.32. The van der Waals surface area contributed by atoms with Gasteiger partial charge >= 0.3 is 0 Å². The maximum Gasteiger partial charge on any atom is 0.243 e. The van der Waals surface area contributed by atoms with Gasteiger partial charge in [-0.2, -0.15) is 4.31 Å². The van der Waals surface area contributed by atoms with Crippen molar-refractivity contribution in [1.29, 1.82) is 0 Å². The van der Waals surface area contributed by atoms with E-state index in [1.807, 2.05) is 37.3 Å². The first-order valence-corrected chi connectivity index (χ1v) is 13.0. The molecule has 0 radical (unpaired) electrons. The smallest absolute Gasteiger partial charge is 0.243 e. The zero-order chi connectivity index (χ0) is 23.8. The molecule has 1 heterocycles. The number of hydrogen-bond acceptors (Lipinski definition) is 3. The molecule has 0 aromatic heterocycles. The minimum Gasteiger partial charge on any atom is -0.349 e. The van der Waals surface area contributed by atoms with E-state index in [0.29, 0.717) is 30.8 Å². The van der Waals surface area contributed by atoms with Gasteiger partial charge in [0.05, 0.1) is 10.9 Å². The Labute approximate surface area is 196 Å². The van der Waals surface area contributed by atoms with Crippen LogP contribution in [0, 0.1) is 26.7 Å². The Balaban J connectivity index is 1.40. The maximum absolute atomic E-state index is 13.2. The zero-order valence-electron chi connectivity index (χ0n) is 19.8. The Bertz CT molecular complexity index is 1290. The molecule has 3 aromatic rings. The van der Waals surface area contributed by atoms with Gasteiger partial charge in [-0.05, 0) is 85.7 Å². The van der Waals surface area contributed by atoms with Gasteiger partial charge in [-0.1, -0.05) is 42.5 Å². The number of rotatable bonds is 5. The molecule has 0 bridgehead atoms. The Hall–Kier alpha value is -2.70. The highest BCUT2D eigenvalue weighted by molar-refractivity contribution is 7.89. The molecule has 0 saturated carbocycles. The summed E-state index contributed by atoms with van der Waals surface area (Å²) in [6, 6.07) is 17.2. The molecule has 5 nitrogen and oxygen atoms in total. The van der Waals surface area contributed by atoms with Crippen molar-refractivity contribution in [2.75, 3.05) is 13.1 Å². The summed E-state index contributed by atoms with van der Waals surface area (Å²) in [5.74, 6) is -0.176. The van der Waals surface area contributed by atoms with E-state index in [1.54, 1.807) is 12.1 Å². The lowest BCUT2D eigenvalue weighted by Crippen LogP contribution is -2.43. The molecule has 3 aromatic carbocycles. The predicted molar refractivity (Wildman–Crippen MR) is 133 cm³/mol. The first-order chi connectivity index (χ1) is 15.7. The predicted octanol–water partition coefficient (Wildman–Crippen LogP) is 5.04. The SMILES string of the molecule is Cc1cc(C)c(C(C)NC(=O)C2CCN(S(=O)(=O)c3ccc4ccccc4c3)CC2)cc1C. The summed E-state index contributed by atoms with van der Waals surface area (Å²) >= 11 is 0. The summed E-state index contributed by atoms with van der Waals surface area (Å²) in [5.41, 5.74) is 4.75. The van der Waals surface area contributed by atoms with Crippen LogP contribution >= 0.6 is 0 Å². The Morgan fingerprint density at radius 3 is 2.24 bits per heavy atom. The van der Waals surface area contributed by atoms with Crippen LogP contribution in [0.4, 0.5) is 0 Å². The summed E-state index contributed by atoms with van der Waals surface area (Å²) in [6.07, 6.45) is 1.05. The molecule has 1 saturated heterocycles. The Morgan fingerprint density at radius 2 is 1.55 bits per heavy atom. The first kappa shape index (κ1) is 23.5. The molecular weight excluding hydrogens is 432 g/mol. The fraction of sp³-hybridized carbons (Fsp3) is 0.370. The molecule has 0 aliphatic carbocycles. The summed E-state index contributed by atoms with van der Waals surface area (Å²) in [7, 11) is -3.58. The molecule has 1 fully saturated rings. The fourth-order valence-corrected chi connectivity index (χ4v) is 6.20. The van der Waals surface area contributed by atoms with Gasteiger partial charge in [-0.15, -0.1) is 0 Å². The van der Waals surface area contributed by atoms with Crippen LogP contribution < -0.4 is 5.32 Å². The lowest BCUT2D eigenvalue weighted by Gasteiger charge is -2.31. The van der Waals surface area contributed by atoms with Gasteiger partial charge < -0.3 is 5.32 Å². The third kappa shape index (κ3) is 4.82. The van der Waals surface area contributed by atoms with Gasteiger partial charge in [0, 0.05) is 19.0 Å². The molecule has 0 spiro atoms. The number of benzene rings is 3. The van der Waals surface area contributed by atoms with E-state index in [-0.39, 0.29) is 17.9 Å². The standard InChI is InChI=1S/C27H32N2O3S/c1-18-15-20(3)26(16-19(18)2)21(4)28-27(30)23-11-13-29(14-12-23)33(31,32)25-10-9-22-7-5-6-8-24(22)17-25/h5-10,15-17,21,23H,11-14H2,1-4H3,(H,28,30). The molecule has 6 heteroatoms. The summed E-state index contributed by atoms with van der Waals surface area (Å²) in [5, 5.41) is 5.07. The molecule has 174 valence electrons. The molecule has 1 N–H and O–H groups in total. The van der Waals surface area contributed by atoms with E-state index < -0.39 is 10.0 Å². The number of fused-ring (bicyclic) bond motifs is 1. The van der Waals surface area contributed by atoms with Crippen LogP contribution in [0.1, 0.15) is 48.1 Å². The Kier molecular flexibility index (Phi) is 6.59. The third-order valence-electron chi connectivity index (χ3n) is 6.89. The van der Waals surface area contributed by atoms with Gasteiger partial charge in [0.2, 0.25) is 15.9 Å². The molecule has 1 aliphatic heterocycles. The van der Waals surface area contributed by atoms with Gasteiger partial charge in [-0.25, -0.2) is 8.42 Å². The van der Waals surface area contributed by atoms with Crippen molar-refractivity contribution in [2.24, 2.45) is 5.92 Å². The van der Waals surface area contributed by atoms with Gasteiger partial charge in [0.25, 0.3) is 0 Å². The second-order valence-corrected chi connectivity index (χ2v) is 11.1. The van der Waals surface area contributed by atoms with E-state index in [4.69, 9.17) is 0 Å². The number of aryl methyl sites for hydroxylation is 3. The second kappa shape index (κ2) is 9.27. The number of nitrogens with one attached hydrogen (secondary N) is 1. The van der Waals surface area contributed by atoms with Crippen molar-refractivity contribution in [3.05, 3.63) is 76.9 Å². The minimum absolute atomic E-state index is 0.00267. The van der Waals surface area contributed by atoms with Crippen molar-refractivity contribution in [2.45, 2.75) is 51.5 Å². The van der Waals surface area contributed by atoms with Crippen LogP contribution in [0.3, 0.4) is 0 Å². The molecule has 1 aliphatic rings.